The number of nitrogens with one attached hydrogen (secondary N) is 1. The van der Waals surface area contributed by atoms with Gasteiger partial charge in [-0.15, -0.1) is 0 Å². The molecule has 0 spiro atoms. The maximum absolute atomic E-state index is 13.2. The van der Waals surface area contributed by atoms with E-state index in [4.69, 9.17) is 11.6 Å². The maximum Gasteiger partial charge on any atom is 0.141 e. The van der Waals surface area contributed by atoms with Crippen LogP contribution in [0.2, 0.25) is 5.02 Å². The third kappa shape index (κ3) is 4.29. The molecule has 0 amide bonds. The van der Waals surface area contributed by atoms with Gasteiger partial charge in [0.2, 0.25) is 0 Å². The van der Waals surface area contributed by atoms with Crippen LogP contribution in [0.15, 0.2) is 48.5 Å². The van der Waals surface area contributed by atoms with E-state index >= 15 is 0 Å². The average Bonchev–Trinajstić information content (AvgIpc) is 2.49. The number of benzene rings is 2. The minimum atomic E-state index is -0.362. The number of hydrogen-bond acceptors (Lipinski definition) is 1. The average molecular weight is 306 g/mol. The summed E-state index contributed by atoms with van der Waals surface area (Å²) in [6.45, 7) is 5.23. The lowest BCUT2D eigenvalue weighted by Crippen LogP contribution is -2.28. The van der Waals surface area contributed by atoms with Gasteiger partial charge in [-0.25, -0.2) is 4.39 Å². The molecule has 0 bridgehead atoms. The Hall–Kier alpha value is -1.38. The SMILES string of the molecule is CCNC(c1ccccc1)C(C)Cc1ccc(F)c(Cl)c1. The topological polar surface area (TPSA) is 12.0 Å². The summed E-state index contributed by atoms with van der Waals surface area (Å²) in [6.07, 6.45) is 0.854. The quantitative estimate of drug-likeness (QED) is 0.791. The van der Waals surface area contributed by atoms with E-state index in [0.29, 0.717) is 5.92 Å². The van der Waals surface area contributed by atoms with Gasteiger partial charge in [0.25, 0.3) is 0 Å². The molecule has 2 atom stereocenters. The zero-order chi connectivity index (χ0) is 15.2. The van der Waals surface area contributed by atoms with Crippen molar-refractivity contribution in [2.24, 2.45) is 5.92 Å². The van der Waals surface area contributed by atoms with E-state index in [9.17, 15) is 4.39 Å². The van der Waals surface area contributed by atoms with Crippen LogP contribution in [0.1, 0.15) is 31.0 Å². The summed E-state index contributed by atoms with van der Waals surface area (Å²) in [7, 11) is 0. The molecule has 2 aromatic rings. The predicted molar refractivity (Wildman–Crippen MR) is 87.1 cm³/mol. The molecule has 0 fully saturated rings. The number of rotatable bonds is 6. The fourth-order valence-corrected chi connectivity index (χ4v) is 2.89. The lowest BCUT2D eigenvalue weighted by atomic mass is 9.89. The first-order valence-corrected chi connectivity index (χ1v) is 7.72. The fourth-order valence-electron chi connectivity index (χ4n) is 2.68. The van der Waals surface area contributed by atoms with Crippen molar-refractivity contribution < 1.29 is 4.39 Å². The standard InChI is InChI=1S/C18H21ClFN/c1-3-21-18(15-7-5-4-6-8-15)13(2)11-14-9-10-17(20)16(19)12-14/h4-10,12-13,18,21H,3,11H2,1-2H3. The molecule has 0 aliphatic heterocycles. The molecular weight excluding hydrogens is 285 g/mol. The molecule has 0 saturated carbocycles. The summed E-state index contributed by atoms with van der Waals surface area (Å²) in [4.78, 5) is 0. The Kier molecular flexibility index (Phi) is 5.77. The first-order valence-electron chi connectivity index (χ1n) is 7.34. The van der Waals surface area contributed by atoms with Crippen molar-refractivity contribution in [3.8, 4) is 0 Å². The lowest BCUT2D eigenvalue weighted by Gasteiger charge is -2.25. The molecule has 3 heteroatoms. The van der Waals surface area contributed by atoms with E-state index in [1.54, 1.807) is 6.07 Å². The summed E-state index contributed by atoms with van der Waals surface area (Å²) >= 11 is 5.86. The van der Waals surface area contributed by atoms with Crippen molar-refractivity contribution >= 4 is 11.6 Å². The molecule has 0 heterocycles. The Morgan fingerprint density at radius 1 is 1.14 bits per heavy atom. The van der Waals surface area contributed by atoms with Crippen LogP contribution in [-0.2, 0) is 6.42 Å². The van der Waals surface area contributed by atoms with Gasteiger partial charge in [-0.2, -0.15) is 0 Å². The normalized spacial score (nSPS) is 13.9. The highest BCUT2D eigenvalue weighted by molar-refractivity contribution is 6.30. The molecular formula is C18H21ClFN. The first kappa shape index (κ1) is 16.0. The summed E-state index contributed by atoms with van der Waals surface area (Å²) in [5.41, 5.74) is 2.34. The zero-order valence-electron chi connectivity index (χ0n) is 12.4. The van der Waals surface area contributed by atoms with Crippen molar-refractivity contribution in [1.29, 1.82) is 0 Å². The van der Waals surface area contributed by atoms with Crippen LogP contribution in [0.4, 0.5) is 4.39 Å². The molecule has 112 valence electrons. The van der Waals surface area contributed by atoms with Crippen molar-refractivity contribution in [3.63, 3.8) is 0 Å². The van der Waals surface area contributed by atoms with Crippen LogP contribution in [0.5, 0.6) is 0 Å². The largest absolute Gasteiger partial charge is 0.310 e. The predicted octanol–water partition coefficient (Wildman–Crippen LogP) is 5.01. The number of hydrogen-bond donors (Lipinski definition) is 1. The highest BCUT2D eigenvalue weighted by Crippen LogP contribution is 2.26. The van der Waals surface area contributed by atoms with Gasteiger partial charge in [0.05, 0.1) is 5.02 Å². The second-order valence-electron chi connectivity index (χ2n) is 5.38. The summed E-state index contributed by atoms with van der Waals surface area (Å²) in [5.74, 6) is 0.0215. The molecule has 0 aromatic heterocycles. The van der Waals surface area contributed by atoms with Crippen LogP contribution in [-0.4, -0.2) is 6.54 Å². The van der Waals surface area contributed by atoms with Crippen molar-refractivity contribution in [3.05, 3.63) is 70.5 Å². The third-order valence-electron chi connectivity index (χ3n) is 3.69. The van der Waals surface area contributed by atoms with Gasteiger partial charge >= 0.3 is 0 Å². The van der Waals surface area contributed by atoms with Crippen molar-refractivity contribution in [2.45, 2.75) is 26.3 Å². The third-order valence-corrected chi connectivity index (χ3v) is 3.98. The summed E-state index contributed by atoms with van der Waals surface area (Å²) in [5, 5.41) is 3.73. The molecule has 1 nitrogen and oxygen atoms in total. The van der Waals surface area contributed by atoms with Crippen LogP contribution in [0.25, 0.3) is 0 Å². The summed E-state index contributed by atoms with van der Waals surface area (Å²) in [6, 6.07) is 15.7. The molecule has 0 aliphatic rings. The molecule has 21 heavy (non-hydrogen) atoms. The second kappa shape index (κ2) is 7.58. The molecule has 0 radical (unpaired) electrons. The van der Waals surface area contributed by atoms with Gasteiger partial charge in [0.1, 0.15) is 5.82 Å². The van der Waals surface area contributed by atoms with E-state index < -0.39 is 0 Å². The van der Waals surface area contributed by atoms with E-state index in [1.165, 1.54) is 11.6 Å². The van der Waals surface area contributed by atoms with Crippen LogP contribution in [0.3, 0.4) is 0 Å². The Balaban J connectivity index is 2.15. The highest BCUT2D eigenvalue weighted by atomic mass is 35.5. The summed E-state index contributed by atoms with van der Waals surface area (Å²) < 4.78 is 13.2. The maximum atomic E-state index is 13.2. The van der Waals surface area contributed by atoms with E-state index in [0.717, 1.165) is 18.5 Å². The Bertz CT molecular complexity index is 571. The molecule has 0 aliphatic carbocycles. The monoisotopic (exact) mass is 305 g/mol. The van der Waals surface area contributed by atoms with Gasteiger partial charge < -0.3 is 5.32 Å². The van der Waals surface area contributed by atoms with Gasteiger partial charge in [-0.1, -0.05) is 61.8 Å². The van der Waals surface area contributed by atoms with Crippen LogP contribution >= 0.6 is 11.6 Å². The van der Waals surface area contributed by atoms with E-state index in [-0.39, 0.29) is 16.9 Å². The molecule has 1 N–H and O–H groups in total. The highest BCUT2D eigenvalue weighted by Gasteiger charge is 2.18. The van der Waals surface area contributed by atoms with E-state index in [1.807, 2.05) is 12.1 Å². The fraction of sp³-hybridized carbons (Fsp3) is 0.333. The first-order chi connectivity index (χ1) is 10.1. The van der Waals surface area contributed by atoms with Crippen LogP contribution < -0.4 is 5.32 Å². The van der Waals surface area contributed by atoms with Crippen molar-refractivity contribution in [2.75, 3.05) is 6.54 Å². The van der Waals surface area contributed by atoms with Gasteiger partial charge in [0.15, 0.2) is 0 Å². The zero-order valence-corrected chi connectivity index (χ0v) is 13.2. The Morgan fingerprint density at radius 2 is 1.86 bits per heavy atom. The Labute approximate surface area is 131 Å². The number of halogens is 2. The molecule has 2 rings (SSSR count). The van der Waals surface area contributed by atoms with Gasteiger partial charge in [0, 0.05) is 6.04 Å². The van der Waals surface area contributed by atoms with E-state index in [2.05, 4.69) is 43.4 Å². The molecule has 0 saturated heterocycles. The smallest absolute Gasteiger partial charge is 0.141 e. The molecule has 2 unspecified atom stereocenters. The minimum absolute atomic E-state index is 0.194. The van der Waals surface area contributed by atoms with Gasteiger partial charge in [-0.3, -0.25) is 0 Å². The van der Waals surface area contributed by atoms with Gasteiger partial charge in [-0.05, 0) is 42.1 Å². The lowest BCUT2D eigenvalue weighted by molar-refractivity contribution is 0.391. The molecule has 2 aromatic carbocycles. The second-order valence-corrected chi connectivity index (χ2v) is 5.78. The van der Waals surface area contributed by atoms with Crippen molar-refractivity contribution in [1.82, 2.24) is 5.32 Å². The minimum Gasteiger partial charge on any atom is -0.310 e. The van der Waals surface area contributed by atoms with Crippen LogP contribution in [0, 0.1) is 11.7 Å². The Morgan fingerprint density at radius 3 is 2.48 bits per heavy atom.